The average molecular weight is 141 g/mol. The van der Waals surface area contributed by atoms with Gasteiger partial charge in [-0.1, -0.05) is 5.21 Å². The summed E-state index contributed by atoms with van der Waals surface area (Å²) >= 11 is 0. The Kier molecular flexibility index (Phi) is 2.39. The van der Waals surface area contributed by atoms with E-state index in [9.17, 15) is 0 Å². The summed E-state index contributed by atoms with van der Waals surface area (Å²) in [6.07, 6.45) is 3.43. The van der Waals surface area contributed by atoms with Gasteiger partial charge < -0.3 is 5.11 Å². The Balaban J connectivity index is 2.42. The second kappa shape index (κ2) is 3.31. The molecule has 1 aromatic rings. The number of hydrogen-bond acceptors (Lipinski definition) is 3. The first-order valence-electron chi connectivity index (χ1n) is 3.29. The zero-order valence-electron chi connectivity index (χ0n) is 5.99. The van der Waals surface area contributed by atoms with Crippen LogP contribution in [-0.4, -0.2) is 26.7 Å². The smallest absolute Gasteiger partial charge is 0.0827 e. The summed E-state index contributed by atoms with van der Waals surface area (Å²) < 4.78 is 1.66. The first-order valence-corrected chi connectivity index (χ1v) is 3.29. The molecule has 0 aromatic carbocycles. The van der Waals surface area contributed by atoms with Crippen LogP contribution < -0.4 is 0 Å². The monoisotopic (exact) mass is 141 g/mol. The highest BCUT2D eigenvalue weighted by Gasteiger charge is 1.95. The average Bonchev–Trinajstić information content (AvgIpc) is 2.31. The van der Waals surface area contributed by atoms with Gasteiger partial charge in [0.2, 0.25) is 0 Å². The highest BCUT2D eigenvalue weighted by atomic mass is 16.2. The van der Waals surface area contributed by atoms with E-state index in [2.05, 4.69) is 10.3 Å². The highest BCUT2D eigenvalue weighted by molar-refractivity contribution is 4.91. The van der Waals surface area contributed by atoms with Gasteiger partial charge in [0.15, 0.2) is 0 Å². The van der Waals surface area contributed by atoms with Crippen molar-refractivity contribution in [2.75, 3.05) is 6.61 Å². The minimum Gasteiger partial charge on any atom is -0.396 e. The van der Waals surface area contributed by atoms with Crippen molar-refractivity contribution in [1.82, 2.24) is 15.0 Å². The van der Waals surface area contributed by atoms with Gasteiger partial charge in [0.05, 0.1) is 5.69 Å². The van der Waals surface area contributed by atoms with Crippen LogP contribution >= 0.6 is 0 Å². The summed E-state index contributed by atoms with van der Waals surface area (Å²) in [7, 11) is 1.83. The van der Waals surface area contributed by atoms with Crippen molar-refractivity contribution in [3.05, 3.63) is 11.9 Å². The lowest BCUT2D eigenvalue weighted by molar-refractivity contribution is 0.288. The molecule has 56 valence electrons. The topological polar surface area (TPSA) is 50.9 Å². The molecule has 1 heterocycles. The summed E-state index contributed by atoms with van der Waals surface area (Å²) in [6, 6.07) is 0. The molecule has 0 aliphatic heterocycles. The van der Waals surface area contributed by atoms with Crippen LogP contribution in [0.25, 0.3) is 0 Å². The normalized spacial score (nSPS) is 10.2. The van der Waals surface area contributed by atoms with E-state index in [0.29, 0.717) is 0 Å². The number of rotatable bonds is 3. The predicted octanol–water partition coefficient (Wildman–Crippen LogP) is -0.260. The lowest BCUT2D eigenvalue weighted by atomic mass is 10.3. The Morgan fingerprint density at radius 3 is 3.00 bits per heavy atom. The summed E-state index contributed by atoms with van der Waals surface area (Å²) in [4.78, 5) is 0. The molecular formula is C6H11N3O. The van der Waals surface area contributed by atoms with Gasteiger partial charge in [-0.3, -0.25) is 4.68 Å². The number of aliphatic hydroxyl groups excluding tert-OH is 1. The molecule has 0 spiro atoms. The molecule has 1 aromatic heterocycles. The third-order valence-electron chi connectivity index (χ3n) is 1.24. The lowest BCUT2D eigenvalue weighted by Crippen LogP contribution is -1.88. The molecule has 10 heavy (non-hydrogen) atoms. The molecule has 0 bridgehead atoms. The van der Waals surface area contributed by atoms with Gasteiger partial charge in [-0.15, -0.1) is 5.10 Å². The van der Waals surface area contributed by atoms with E-state index in [-0.39, 0.29) is 6.61 Å². The van der Waals surface area contributed by atoms with Crippen molar-refractivity contribution in [2.45, 2.75) is 12.8 Å². The molecule has 0 saturated carbocycles. The van der Waals surface area contributed by atoms with E-state index in [4.69, 9.17) is 5.11 Å². The third-order valence-corrected chi connectivity index (χ3v) is 1.24. The van der Waals surface area contributed by atoms with E-state index in [1.807, 2.05) is 13.2 Å². The van der Waals surface area contributed by atoms with Crippen LogP contribution in [0.2, 0.25) is 0 Å². The Hall–Kier alpha value is -0.900. The molecule has 0 unspecified atom stereocenters. The van der Waals surface area contributed by atoms with E-state index < -0.39 is 0 Å². The maximum atomic E-state index is 8.48. The minimum absolute atomic E-state index is 0.219. The largest absolute Gasteiger partial charge is 0.396 e. The zero-order valence-corrected chi connectivity index (χ0v) is 5.99. The first-order chi connectivity index (χ1) is 4.83. The lowest BCUT2D eigenvalue weighted by Gasteiger charge is -1.88. The van der Waals surface area contributed by atoms with Gasteiger partial charge in [-0.25, -0.2) is 0 Å². The fraction of sp³-hybridized carbons (Fsp3) is 0.667. The Labute approximate surface area is 59.5 Å². The number of nitrogens with zero attached hydrogens (tertiary/aromatic N) is 3. The molecule has 0 atom stereocenters. The van der Waals surface area contributed by atoms with Crippen LogP contribution in [0.5, 0.6) is 0 Å². The second-order valence-corrected chi connectivity index (χ2v) is 2.21. The van der Waals surface area contributed by atoms with E-state index in [0.717, 1.165) is 18.5 Å². The van der Waals surface area contributed by atoms with Gasteiger partial charge in [-0.05, 0) is 12.8 Å². The van der Waals surface area contributed by atoms with Gasteiger partial charge in [-0.2, -0.15) is 0 Å². The highest BCUT2D eigenvalue weighted by Crippen LogP contribution is 1.94. The quantitative estimate of drug-likeness (QED) is 0.631. The fourth-order valence-electron chi connectivity index (χ4n) is 0.770. The predicted molar refractivity (Wildman–Crippen MR) is 36.4 cm³/mol. The van der Waals surface area contributed by atoms with Gasteiger partial charge in [0.25, 0.3) is 0 Å². The number of aliphatic hydroxyl groups is 1. The van der Waals surface area contributed by atoms with Crippen LogP contribution in [0.15, 0.2) is 6.20 Å². The summed E-state index contributed by atoms with van der Waals surface area (Å²) in [5, 5.41) is 16.1. The van der Waals surface area contributed by atoms with Crippen LogP contribution in [-0.2, 0) is 13.5 Å². The standard InChI is InChI=1S/C6H11N3O/c1-9-5-6(7-8-9)3-2-4-10/h5,10H,2-4H2,1H3. The number of hydrogen-bond donors (Lipinski definition) is 1. The second-order valence-electron chi connectivity index (χ2n) is 2.21. The SMILES string of the molecule is Cn1cc(CCCO)nn1. The molecule has 0 radical (unpaired) electrons. The molecule has 1 N–H and O–H groups in total. The Bertz CT molecular complexity index is 197. The van der Waals surface area contributed by atoms with E-state index >= 15 is 0 Å². The maximum absolute atomic E-state index is 8.48. The van der Waals surface area contributed by atoms with Crippen molar-refractivity contribution < 1.29 is 5.11 Å². The van der Waals surface area contributed by atoms with E-state index in [1.54, 1.807) is 4.68 Å². The van der Waals surface area contributed by atoms with Gasteiger partial charge in [0, 0.05) is 19.9 Å². The Morgan fingerprint density at radius 2 is 2.50 bits per heavy atom. The molecule has 0 aliphatic rings. The molecular weight excluding hydrogens is 130 g/mol. The molecule has 1 rings (SSSR count). The molecule has 0 amide bonds. The minimum atomic E-state index is 0.219. The van der Waals surface area contributed by atoms with Crippen molar-refractivity contribution in [3.8, 4) is 0 Å². The maximum Gasteiger partial charge on any atom is 0.0827 e. The van der Waals surface area contributed by atoms with Crippen molar-refractivity contribution in [2.24, 2.45) is 7.05 Å². The summed E-state index contributed by atoms with van der Waals surface area (Å²) in [5.74, 6) is 0. The summed E-state index contributed by atoms with van der Waals surface area (Å²) in [6.45, 7) is 0.219. The summed E-state index contributed by atoms with van der Waals surface area (Å²) in [5.41, 5.74) is 0.941. The van der Waals surface area contributed by atoms with Gasteiger partial charge in [0.1, 0.15) is 0 Å². The molecule has 4 nitrogen and oxygen atoms in total. The molecule has 0 fully saturated rings. The van der Waals surface area contributed by atoms with E-state index in [1.165, 1.54) is 0 Å². The zero-order chi connectivity index (χ0) is 7.40. The van der Waals surface area contributed by atoms with Crippen LogP contribution in [0.1, 0.15) is 12.1 Å². The van der Waals surface area contributed by atoms with Gasteiger partial charge >= 0.3 is 0 Å². The fourth-order valence-corrected chi connectivity index (χ4v) is 0.770. The van der Waals surface area contributed by atoms with Crippen molar-refractivity contribution >= 4 is 0 Å². The third kappa shape index (κ3) is 1.80. The van der Waals surface area contributed by atoms with Crippen LogP contribution in [0.3, 0.4) is 0 Å². The van der Waals surface area contributed by atoms with Crippen molar-refractivity contribution in [1.29, 1.82) is 0 Å². The van der Waals surface area contributed by atoms with Crippen molar-refractivity contribution in [3.63, 3.8) is 0 Å². The molecule has 0 saturated heterocycles. The first kappa shape index (κ1) is 7.21. The molecule has 4 heteroatoms. The number of aryl methyl sites for hydroxylation is 2. The number of aromatic nitrogens is 3. The Morgan fingerprint density at radius 1 is 1.70 bits per heavy atom. The van der Waals surface area contributed by atoms with Crippen LogP contribution in [0, 0.1) is 0 Å². The molecule has 0 aliphatic carbocycles. The van der Waals surface area contributed by atoms with Crippen LogP contribution in [0.4, 0.5) is 0 Å².